The molecule has 0 spiro atoms. The van der Waals surface area contributed by atoms with E-state index >= 15 is 0 Å². The van der Waals surface area contributed by atoms with Gasteiger partial charge in [0.2, 0.25) is 0 Å². The minimum absolute atomic E-state index is 0.133. The molecular weight excluding hydrogens is 321 g/mol. The molecule has 0 fully saturated rings. The number of sulfone groups is 1. The number of hydrogen-bond donors (Lipinski definition) is 1. The fourth-order valence-electron chi connectivity index (χ4n) is 2.28. The molecule has 8 heteroatoms. The van der Waals surface area contributed by atoms with Gasteiger partial charge in [-0.1, -0.05) is 26.0 Å². The van der Waals surface area contributed by atoms with E-state index in [2.05, 4.69) is 10.2 Å². The first-order chi connectivity index (χ1) is 10.7. The summed E-state index contributed by atoms with van der Waals surface area (Å²) in [6.45, 7) is 3.89. The van der Waals surface area contributed by atoms with Crippen LogP contribution in [-0.2, 0) is 22.6 Å². The molecule has 1 unspecified atom stereocenters. The Hall–Kier alpha value is -1.80. The van der Waals surface area contributed by atoms with Crippen LogP contribution < -0.4 is 0 Å². The van der Waals surface area contributed by atoms with Crippen LogP contribution in [0.25, 0.3) is 0 Å². The molecule has 0 saturated carbocycles. The number of rotatable bonds is 6. The van der Waals surface area contributed by atoms with E-state index in [0.717, 1.165) is 0 Å². The lowest BCUT2D eigenvalue weighted by Crippen LogP contribution is -2.18. The maximum atomic E-state index is 12.9. The van der Waals surface area contributed by atoms with Gasteiger partial charge in [0.05, 0.1) is 11.9 Å². The lowest BCUT2D eigenvalue weighted by atomic mass is 10.1. The number of aromatic nitrogens is 3. The molecule has 0 saturated heterocycles. The molecule has 0 aliphatic rings. The van der Waals surface area contributed by atoms with Crippen LogP contribution in [0, 0.1) is 5.82 Å². The van der Waals surface area contributed by atoms with E-state index in [1.165, 1.54) is 24.3 Å². The van der Waals surface area contributed by atoms with Crippen LogP contribution in [0.1, 0.15) is 43.1 Å². The van der Waals surface area contributed by atoms with Gasteiger partial charge >= 0.3 is 0 Å². The fraction of sp³-hybridized carbons (Fsp3) is 0.467. The molecule has 2 rings (SSSR count). The molecule has 1 aromatic heterocycles. The predicted octanol–water partition coefficient (Wildman–Crippen LogP) is 1.73. The van der Waals surface area contributed by atoms with Gasteiger partial charge in [0, 0.05) is 13.0 Å². The highest BCUT2D eigenvalue weighted by Crippen LogP contribution is 2.18. The van der Waals surface area contributed by atoms with E-state index < -0.39 is 27.5 Å². The third kappa shape index (κ3) is 4.35. The molecule has 0 radical (unpaired) electrons. The maximum absolute atomic E-state index is 12.9. The molecule has 0 amide bonds. The first kappa shape index (κ1) is 17.6. The van der Waals surface area contributed by atoms with Gasteiger partial charge in [-0.3, -0.25) is 0 Å². The number of aliphatic hydroxyl groups excluding tert-OH is 1. The SMILES string of the molecule is CC(C)c1nnc(CS(=O)(=O)CC(O)c2ccc(F)cc2)n1C. The van der Waals surface area contributed by atoms with Crippen molar-refractivity contribution in [3.8, 4) is 0 Å². The molecule has 1 heterocycles. The molecule has 23 heavy (non-hydrogen) atoms. The topological polar surface area (TPSA) is 85.1 Å². The van der Waals surface area contributed by atoms with Crippen LogP contribution in [0.3, 0.4) is 0 Å². The van der Waals surface area contributed by atoms with Crippen molar-refractivity contribution in [2.24, 2.45) is 7.05 Å². The summed E-state index contributed by atoms with van der Waals surface area (Å²) in [4.78, 5) is 0. The zero-order valence-electron chi connectivity index (χ0n) is 13.3. The first-order valence-corrected chi connectivity index (χ1v) is 9.04. The molecule has 1 atom stereocenters. The van der Waals surface area contributed by atoms with Crippen LogP contribution in [-0.4, -0.2) is 34.0 Å². The quantitative estimate of drug-likeness (QED) is 0.865. The van der Waals surface area contributed by atoms with Crippen molar-refractivity contribution < 1.29 is 17.9 Å². The normalized spacial score (nSPS) is 13.5. The van der Waals surface area contributed by atoms with E-state index in [-0.39, 0.29) is 11.7 Å². The van der Waals surface area contributed by atoms with Crippen molar-refractivity contribution in [3.05, 3.63) is 47.3 Å². The number of nitrogens with zero attached hydrogens (tertiary/aromatic N) is 3. The summed E-state index contributed by atoms with van der Waals surface area (Å²) in [5.74, 6) is -0.0311. The van der Waals surface area contributed by atoms with E-state index in [4.69, 9.17) is 0 Å². The van der Waals surface area contributed by atoms with Crippen LogP contribution >= 0.6 is 0 Å². The molecule has 126 valence electrons. The van der Waals surface area contributed by atoms with Crippen molar-refractivity contribution in [2.75, 3.05) is 5.75 Å². The maximum Gasteiger partial charge on any atom is 0.160 e. The van der Waals surface area contributed by atoms with Crippen molar-refractivity contribution in [1.29, 1.82) is 0 Å². The molecule has 6 nitrogen and oxygen atoms in total. The Bertz CT molecular complexity index is 770. The number of benzene rings is 1. The van der Waals surface area contributed by atoms with E-state index in [1.807, 2.05) is 13.8 Å². The summed E-state index contributed by atoms with van der Waals surface area (Å²) in [5.41, 5.74) is 0.357. The van der Waals surface area contributed by atoms with Crippen LogP contribution in [0.2, 0.25) is 0 Å². The zero-order chi connectivity index (χ0) is 17.2. The van der Waals surface area contributed by atoms with Crippen LogP contribution in [0.4, 0.5) is 4.39 Å². The fourth-order valence-corrected chi connectivity index (χ4v) is 3.72. The molecule has 0 aliphatic carbocycles. The van der Waals surface area contributed by atoms with Gasteiger partial charge in [-0.15, -0.1) is 10.2 Å². The minimum Gasteiger partial charge on any atom is -0.387 e. The Morgan fingerprint density at radius 2 is 1.83 bits per heavy atom. The highest BCUT2D eigenvalue weighted by Gasteiger charge is 2.23. The van der Waals surface area contributed by atoms with Crippen molar-refractivity contribution >= 4 is 9.84 Å². The summed E-state index contributed by atoms with van der Waals surface area (Å²) in [6, 6.07) is 5.11. The van der Waals surface area contributed by atoms with Gasteiger partial charge in [0.1, 0.15) is 23.2 Å². The largest absolute Gasteiger partial charge is 0.387 e. The van der Waals surface area contributed by atoms with E-state index in [9.17, 15) is 17.9 Å². The van der Waals surface area contributed by atoms with Crippen LogP contribution in [0.15, 0.2) is 24.3 Å². The smallest absolute Gasteiger partial charge is 0.160 e. The van der Waals surface area contributed by atoms with Gasteiger partial charge < -0.3 is 9.67 Å². The minimum atomic E-state index is -3.59. The third-order valence-electron chi connectivity index (χ3n) is 3.53. The highest BCUT2D eigenvalue weighted by molar-refractivity contribution is 7.90. The lowest BCUT2D eigenvalue weighted by molar-refractivity contribution is 0.201. The molecule has 1 aromatic carbocycles. The van der Waals surface area contributed by atoms with Gasteiger partial charge in [0.15, 0.2) is 9.84 Å². The highest BCUT2D eigenvalue weighted by atomic mass is 32.2. The first-order valence-electron chi connectivity index (χ1n) is 7.21. The molecule has 1 N–H and O–H groups in total. The summed E-state index contributed by atoms with van der Waals surface area (Å²) in [7, 11) is -1.88. The Balaban J connectivity index is 2.11. The average Bonchev–Trinajstić information content (AvgIpc) is 2.79. The van der Waals surface area contributed by atoms with Gasteiger partial charge in [-0.05, 0) is 17.7 Å². The third-order valence-corrected chi connectivity index (χ3v) is 5.05. The Kier molecular flexibility index (Phi) is 5.16. The number of halogens is 1. The van der Waals surface area contributed by atoms with Crippen molar-refractivity contribution in [2.45, 2.75) is 31.6 Å². The summed E-state index contributed by atoms with van der Waals surface area (Å²) >= 11 is 0. The van der Waals surface area contributed by atoms with E-state index in [1.54, 1.807) is 11.6 Å². The summed E-state index contributed by atoms with van der Waals surface area (Å²) in [5, 5.41) is 18.0. The van der Waals surface area contributed by atoms with Crippen LogP contribution in [0.5, 0.6) is 0 Å². The second kappa shape index (κ2) is 6.76. The van der Waals surface area contributed by atoms with E-state index in [0.29, 0.717) is 17.2 Å². The number of aliphatic hydroxyl groups is 1. The molecule has 2 aromatic rings. The summed E-state index contributed by atoms with van der Waals surface area (Å²) < 4.78 is 39.1. The standard InChI is InChI=1S/C15H20FN3O3S/c1-10(2)15-18-17-14(19(15)3)9-23(21,22)8-13(20)11-4-6-12(16)7-5-11/h4-7,10,13,20H,8-9H2,1-3H3. The Labute approximate surface area is 134 Å². The molecule has 0 aliphatic heterocycles. The zero-order valence-corrected chi connectivity index (χ0v) is 14.1. The van der Waals surface area contributed by atoms with Gasteiger partial charge in [0.25, 0.3) is 0 Å². The average molecular weight is 341 g/mol. The Morgan fingerprint density at radius 3 is 2.35 bits per heavy atom. The predicted molar refractivity (Wildman–Crippen MR) is 83.9 cm³/mol. The second-order valence-electron chi connectivity index (χ2n) is 5.81. The van der Waals surface area contributed by atoms with Crippen molar-refractivity contribution in [1.82, 2.24) is 14.8 Å². The monoisotopic (exact) mass is 341 g/mol. The Morgan fingerprint density at radius 1 is 1.22 bits per heavy atom. The summed E-state index contributed by atoms with van der Waals surface area (Å²) in [6.07, 6.45) is -1.21. The van der Waals surface area contributed by atoms with Gasteiger partial charge in [-0.2, -0.15) is 0 Å². The van der Waals surface area contributed by atoms with Crippen molar-refractivity contribution in [3.63, 3.8) is 0 Å². The van der Waals surface area contributed by atoms with Gasteiger partial charge in [-0.25, -0.2) is 12.8 Å². The lowest BCUT2D eigenvalue weighted by Gasteiger charge is -2.12. The number of hydrogen-bond acceptors (Lipinski definition) is 5. The second-order valence-corrected chi connectivity index (χ2v) is 7.92. The molecule has 0 bridgehead atoms. The molecular formula is C15H20FN3O3S.